The highest BCUT2D eigenvalue weighted by Crippen LogP contribution is 2.33. The third-order valence-corrected chi connectivity index (χ3v) is 6.30. The van der Waals surface area contributed by atoms with E-state index in [9.17, 15) is 8.42 Å². The van der Waals surface area contributed by atoms with E-state index in [1.807, 2.05) is 19.1 Å². The molecule has 0 radical (unpaired) electrons. The summed E-state index contributed by atoms with van der Waals surface area (Å²) in [7, 11) is -3.85. The van der Waals surface area contributed by atoms with Gasteiger partial charge in [-0.1, -0.05) is 27.3 Å². The predicted molar refractivity (Wildman–Crippen MR) is 107 cm³/mol. The Morgan fingerprint density at radius 3 is 2.62 bits per heavy atom. The van der Waals surface area contributed by atoms with Gasteiger partial charge >= 0.3 is 0 Å². The zero-order valence-electron chi connectivity index (χ0n) is 14.2. The number of benzene rings is 2. The molecule has 0 atom stereocenters. The first-order valence-corrected chi connectivity index (χ1v) is 11.0. The predicted octanol–water partition coefficient (Wildman–Crippen LogP) is 4.66. The third kappa shape index (κ3) is 4.11. The van der Waals surface area contributed by atoms with Crippen LogP contribution in [-0.4, -0.2) is 26.6 Å². The Hall–Kier alpha value is -1.84. The highest BCUT2D eigenvalue weighted by atomic mass is 79.9. The third-order valence-electron chi connectivity index (χ3n) is 3.39. The molecule has 3 rings (SSSR count). The van der Waals surface area contributed by atoms with E-state index < -0.39 is 10.0 Å². The molecule has 138 valence electrons. The molecule has 26 heavy (non-hydrogen) atoms. The summed E-state index contributed by atoms with van der Waals surface area (Å²) in [6, 6.07) is 10.3. The van der Waals surface area contributed by atoms with E-state index >= 15 is 0 Å². The molecule has 1 N–H and O–H groups in total. The minimum atomic E-state index is -3.85. The van der Waals surface area contributed by atoms with E-state index in [1.165, 1.54) is 17.4 Å². The monoisotopic (exact) mass is 456 g/mol. The van der Waals surface area contributed by atoms with Crippen LogP contribution in [0.3, 0.4) is 0 Å². The van der Waals surface area contributed by atoms with Gasteiger partial charge in [-0.15, -0.1) is 0 Å². The standard InChI is InChI=1S/C17H17BrN2O4S2/c1-3-23-12-6-7-13-15(10-12)25-17(19-13)20-26(21,22)16-9-11(18)5-8-14(16)24-4-2/h5-10H,3-4H2,1-2H3,(H,19,20). The summed E-state index contributed by atoms with van der Waals surface area (Å²) in [4.78, 5) is 4.40. The van der Waals surface area contributed by atoms with Gasteiger partial charge in [0.1, 0.15) is 16.4 Å². The number of nitrogens with zero attached hydrogens (tertiary/aromatic N) is 1. The SMILES string of the molecule is CCOc1ccc2nc(NS(=O)(=O)c3cc(Br)ccc3OCC)sc2c1. The summed E-state index contributed by atoms with van der Waals surface area (Å²) in [5.41, 5.74) is 0.704. The molecule has 0 amide bonds. The molecular formula is C17H17BrN2O4S2. The highest BCUT2D eigenvalue weighted by molar-refractivity contribution is 9.10. The first kappa shape index (κ1) is 18.9. The number of thiazole rings is 1. The molecule has 0 saturated heterocycles. The second kappa shape index (κ2) is 7.81. The minimum Gasteiger partial charge on any atom is -0.494 e. The van der Waals surface area contributed by atoms with E-state index in [1.54, 1.807) is 25.1 Å². The molecular weight excluding hydrogens is 440 g/mol. The van der Waals surface area contributed by atoms with Crippen molar-refractivity contribution in [1.82, 2.24) is 4.98 Å². The lowest BCUT2D eigenvalue weighted by Crippen LogP contribution is -2.14. The van der Waals surface area contributed by atoms with Crippen molar-refractivity contribution in [3.8, 4) is 11.5 Å². The molecule has 0 saturated carbocycles. The van der Waals surface area contributed by atoms with E-state index in [-0.39, 0.29) is 10.0 Å². The topological polar surface area (TPSA) is 77.5 Å². The van der Waals surface area contributed by atoms with Gasteiger partial charge in [0, 0.05) is 4.47 Å². The normalized spacial score (nSPS) is 11.5. The van der Waals surface area contributed by atoms with Gasteiger partial charge < -0.3 is 9.47 Å². The van der Waals surface area contributed by atoms with Gasteiger partial charge in [0.05, 0.1) is 23.4 Å². The fraction of sp³-hybridized carbons (Fsp3) is 0.235. The fourth-order valence-electron chi connectivity index (χ4n) is 2.34. The number of halogens is 1. The van der Waals surface area contributed by atoms with Crippen LogP contribution in [0.5, 0.6) is 11.5 Å². The summed E-state index contributed by atoms with van der Waals surface area (Å²) < 4.78 is 40.6. The number of nitrogens with one attached hydrogen (secondary N) is 1. The first-order valence-electron chi connectivity index (χ1n) is 7.91. The van der Waals surface area contributed by atoms with Crippen molar-refractivity contribution in [2.24, 2.45) is 0 Å². The summed E-state index contributed by atoms with van der Waals surface area (Å²) in [6.45, 7) is 4.64. The Morgan fingerprint density at radius 2 is 1.88 bits per heavy atom. The van der Waals surface area contributed by atoms with Crippen molar-refractivity contribution in [3.63, 3.8) is 0 Å². The quantitative estimate of drug-likeness (QED) is 0.559. The van der Waals surface area contributed by atoms with Crippen molar-refractivity contribution in [2.45, 2.75) is 18.7 Å². The van der Waals surface area contributed by atoms with Crippen LogP contribution in [0.1, 0.15) is 13.8 Å². The van der Waals surface area contributed by atoms with Crippen LogP contribution in [0.25, 0.3) is 10.2 Å². The van der Waals surface area contributed by atoms with Crippen LogP contribution < -0.4 is 14.2 Å². The number of rotatable bonds is 7. The Bertz CT molecular complexity index is 1030. The Kier molecular flexibility index (Phi) is 5.69. The van der Waals surface area contributed by atoms with Crippen molar-refractivity contribution < 1.29 is 17.9 Å². The summed E-state index contributed by atoms with van der Waals surface area (Å²) >= 11 is 4.55. The second-order valence-corrected chi connectivity index (χ2v) is 8.81. The second-order valence-electron chi connectivity index (χ2n) is 5.21. The maximum absolute atomic E-state index is 12.8. The zero-order chi connectivity index (χ0) is 18.7. The fourth-order valence-corrected chi connectivity index (χ4v) is 5.16. The summed E-state index contributed by atoms with van der Waals surface area (Å²) in [6.07, 6.45) is 0. The zero-order valence-corrected chi connectivity index (χ0v) is 17.4. The number of hydrogen-bond acceptors (Lipinski definition) is 6. The molecule has 9 heteroatoms. The van der Waals surface area contributed by atoms with Crippen LogP contribution in [0, 0.1) is 0 Å². The van der Waals surface area contributed by atoms with Gasteiger partial charge in [0.25, 0.3) is 10.0 Å². The summed E-state index contributed by atoms with van der Waals surface area (Å²) in [5.74, 6) is 1.02. The van der Waals surface area contributed by atoms with E-state index in [0.29, 0.717) is 29.0 Å². The van der Waals surface area contributed by atoms with Crippen molar-refractivity contribution in [1.29, 1.82) is 0 Å². The Balaban J connectivity index is 1.94. The largest absolute Gasteiger partial charge is 0.494 e. The molecule has 0 spiro atoms. The highest BCUT2D eigenvalue weighted by Gasteiger charge is 2.22. The Labute approximate surface area is 164 Å². The lowest BCUT2D eigenvalue weighted by molar-refractivity contribution is 0.331. The number of aromatic nitrogens is 1. The number of fused-ring (bicyclic) bond motifs is 1. The number of hydrogen-bond donors (Lipinski definition) is 1. The molecule has 1 heterocycles. The molecule has 0 unspecified atom stereocenters. The number of ether oxygens (including phenoxy) is 2. The van der Waals surface area contributed by atoms with Crippen LogP contribution in [-0.2, 0) is 10.0 Å². The average molecular weight is 457 g/mol. The van der Waals surface area contributed by atoms with Crippen LogP contribution in [0.4, 0.5) is 5.13 Å². The lowest BCUT2D eigenvalue weighted by Gasteiger charge is -2.11. The molecule has 0 fully saturated rings. The number of anilines is 1. The van der Waals surface area contributed by atoms with Gasteiger partial charge in [0.2, 0.25) is 0 Å². The maximum atomic E-state index is 12.8. The van der Waals surface area contributed by atoms with Crippen molar-refractivity contribution in [3.05, 3.63) is 40.9 Å². The molecule has 2 aromatic carbocycles. The smallest absolute Gasteiger partial charge is 0.267 e. The summed E-state index contributed by atoms with van der Waals surface area (Å²) in [5, 5.41) is 0.288. The van der Waals surface area contributed by atoms with Crippen molar-refractivity contribution in [2.75, 3.05) is 17.9 Å². The van der Waals surface area contributed by atoms with Gasteiger partial charge in [-0.3, -0.25) is 4.72 Å². The lowest BCUT2D eigenvalue weighted by atomic mass is 10.3. The van der Waals surface area contributed by atoms with E-state index in [4.69, 9.17) is 9.47 Å². The van der Waals surface area contributed by atoms with Crippen LogP contribution in [0.15, 0.2) is 45.8 Å². The van der Waals surface area contributed by atoms with E-state index in [2.05, 4.69) is 25.6 Å². The molecule has 6 nitrogen and oxygen atoms in total. The first-order chi connectivity index (χ1) is 12.4. The molecule has 3 aromatic rings. The average Bonchev–Trinajstić information content (AvgIpc) is 2.97. The molecule has 0 aliphatic rings. The molecule has 0 bridgehead atoms. The molecule has 1 aromatic heterocycles. The van der Waals surface area contributed by atoms with Gasteiger partial charge in [0.15, 0.2) is 5.13 Å². The molecule has 0 aliphatic heterocycles. The van der Waals surface area contributed by atoms with Crippen molar-refractivity contribution >= 4 is 52.6 Å². The maximum Gasteiger partial charge on any atom is 0.267 e. The minimum absolute atomic E-state index is 0.0583. The van der Waals surface area contributed by atoms with E-state index in [0.717, 1.165) is 10.4 Å². The van der Waals surface area contributed by atoms with Crippen LogP contribution >= 0.6 is 27.3 Å². The number of sulfonamides is 1. The Morgan fingerprint density at radius 1 is 1.12 bits per heavy atom. The van der Waals surface area contributed by atoms with Gasteiger partial charge in [-0.25, -0.2) is 13.4 Å². The van der Waals surface area contributed by atoms with Gasteiger partial charge in [-0.2, -0.15) is 0 Å². The van der Waals surface area contributed by atoms with Gasteiger partial charge in [-0.05, 0) is 50.2 Å². The van der Waals surface area contributed by atoms with Crippen LogP contribution in [0.2, 0.25) is 0 Å². The molecule has 0 aliphatic carbocycles.